The molecule has 18 heavy (non-hydrogen) atoms. The molecule has 104 valence electrons. The van der Waals surface area contributed by atoms with Gasteiger partial charge in [0.25, 0.3) is 5.92 Å². The highest BCUT2D eigenvalue weighted by atomic mass is 19.3. The smallest absolute Gasteiger partial charge is 0.250 e. The van der Waals surface area contributed by atoms with Gasteiger partial charge in [-0.3, -0.25) is 9.69 Å². The van der Waals surface area contributed by atoms with Crippen molar-refractivity contribution in [3.8, 4) is 0 Å². The Bertz CT molecular complexity index is 302. The van der Waals surface area contributed by atoms with Crippen molar-refractivity contribution in [2.24, 2.45) is 0 Å². The van der Waals surface area contributed by atoms with E-state index in [1.165, 1.54) is 0 Å². The zero-order valence-electron chi connectivity index (χ0n) is 10.9. The van der Waals surface area contributed by atoms with E-state index >= 15 is 0 Å². The third-order valence-corrected chi connectivity index (χ3v) is 3.78. The van der Waals surface area contributed by atoms with Crippen LogP contribution in [-0.2, 0) is 4.79 Å². The Kier molecular flexibility index (Phi) is 4.17. The summed E-state index contributed by atoms with van der Waals surface area (Å²) in [6.07, 6.45) is -0.104. The predicted octanol–water partition coefficient (Wildman–Crippen LogP) is 0.492. The SMILES string of the molecule is CN1CCN(CCN2CCC(F)(F)CC2)C(=O)C1. The van der Waals surface area contributed by atoms with Gasteiger partial charge in [-0.1, -0.05) is 0 Å². The Hall–Kier alpha value is -0.750. The van der Waals surface area contributed by atoms with Crippen LogP contribution in [0.25, 0.3) is 0 Å². The van der Waals surface area contributed by atoms with Crippen molar-refractivity contribution in [2.45, 2.75) is 18.8 Å². The van der Waals surface area contributed by atoms with Crippen LogP contribution in [0.2, 0.25) is 0 Å². The number of piperazine rings is 1. The van der Waals surface area contributed by atoms with E-state index in [0.29, 0.717) is 32.7 Å². The summed E-state index contributed by atoms with van der Waals surface area (Å²) in [5.41, 5.74) is 0. The van der Waals surface area contributed by atoms with E-state index in [0.717, 1.165) is 13.1 Å². The summed E-state index contributed by atoms with van der Waals surface area (Å²) in [4.78, 5) is 17.6. The van der Waals surface area contributed by atoms with Gasteiger partial charge in [0.05, 0.1) is 6.54 Å². The second-order valence-electron chi connectivity index (χ2n) is 5.32. The van der Waals surface area contributed by atoms with Crippen LogP contribution in [0.1, 0.15) is 12.8 Å². The number of amides is 1. The van der Waals surface area contributed by atoms with E-state index in [1.807, 2.05) is 21.7 Å². The summed E-state index contributed by atoms with van der Waals surface area (Å²) in [5, 5.41) is 0. The van der Waals surface area contributed by atoms with Gasteiger partial charge in [-0.05, 0) is 7.05 Å². The van der Waals surface area contributed by atoms with E-state index < -0.39 is 5.92 Å². The lowest BCUT2D eigenvalue weighted by Gasteiger charge is -2.36. The predicted molar refractivity (Wildman–Crippen MR) is 64.7 cm³/mol. The average Bonchev–Trinajstić information content (AvgIpc) is 2.29. The van der Waals surface area contributed by atoms with Crippen molar-refractivity contribution in [1.29, 1.82) is 0 Å². The molecule has 0 aromatic heterocycles. The van der Waals surface area contributed by atoms with Gasteiger partial charge in [-0.2, -0.15) is 0 Å². The molecule has 2 saturated heterocycles. The third kappa shape index (κ3) is 3.62. The van der Waals surface area contributed by atoms with Gasteiger partial charge in [0.15, 0.2) is 0 Å². The first kappa shape index (κ1) is 13.7. The number of piperidine rings is 1. The van der Waals surface area contributed by atoms with Gasteiger partial charge in [-0.15, -0.1) is 0 Å². The molecule has 0 aromatic carbocycles. The number of carbonyl (C=O) groups is 1. The lowest BCUT2D eigenvalue weighted by molar-refractivity contribution is -0.135. The monoisotopic (exact) mass is 261 g/mol. The minimum Gasteiger partial charge on any atom is -0.339 e. The fourth-order valence-electron chi connectivity index (χ4n) is 2.43. The molecule has 4 nitrogen and oxygen atoms in total. The highest BCUT2D eigenvalue weighted by Gasteiger charge is 2.34. The number of hydrogen-bond donors (Lipinski definition) is 0. The molecule has 2 rings (SSSR count). The normalized spacial score (nSPS) is 26.6. The van der Waals surface area contributed by atoms with E-state index in [9.17, 15) is 13.6 Å². The molecule has 0 unspecified atom stereocenters. The highest BCUT2D eigenvalue weighted by molar-refractivity contribution is 5.78. The van der Waals surface area contributed by atoms with Gasteiger partial charge in [0.2, 0.25) is 5.91 Å². The van der Waals surface area contributed by atoms with Gasteiger partial charge >= 0.3 is 0 Å². The van der Waals surface area contributed by atoms with E-state index in [1.54, 1.807) is 0 Å². The first-order valence-electron chi connectivity index (χ1n) is 6.53. The summed E-state index contributed by atoms with van der Waals surface area (Å²) in [6, 6.07) is 0. The van der Waals surface area contributed by atoms with Crippen molar-refractivity contribution in [3.05, 3.63) is 0 Å². The molecule has 2 heterocycles. The average molecular weight is 261 g/mol. The first-order valence-corrected chi connectivity index (χ1v) is 6.53. The summed E-state index contributed by atoms with van der Waals surface area (Å²) >= 11 is 0. The molecule has 0 spiro atoms. The fraction of sp³-hybridized carbons (Fsp3) is 0.917. The van der Waals surface area contributed by atoms with Crippen LogP contribution < -0.4 is 0 Å². The van der Waals surface area contributed by atoms with Crippen LogP contribution in [0.4, 0.5) is 8.78 Å². The number of likely N-dealkylation sites (N-methyl/N-ethyl adjacent to an activating group) is 1. The highest BCUT2D eigenvalue weighted by Crippen LogP contribution is 2.27. The van der Waals surface area contributed by atoms with Crippen LogP contribution in [0.15, 0.2) is 0 Å². The Balaban J connectivity index is 1.71. The number of rotatable bonds is 3. The second-order valence-corrected chi connectivity index (χ2v) is 5.32. The van der Waals surface area contributed by atoms with Gasteiger partial charge in [-0.25, -0.2) is 8.78 Å². The number of alkyl halides is 2. The van der Waals surface area contributed by atoms with Crippen molar-refractivity contribution in [2.75, 3.05) is 52.9 Å². The Morgan fingerprint density at radius 3 is 2.39 bits per heavy atom. The lowest BCUT2D eigenvalue weighted by atomic mass is 10.1. The molecule has 6 heteroatoms. The molecule has 0 saturated carbocycles. The van der Waals surface area contributed by atoms with Gasteiger partial charge in [0.1, 0.15) is 0 Å². The molecule has 0 N–H and O–H groups in total. The molecule has 1 amide bonds. The number of carbonyl (C=O) groups excluding carboxylic acids is 1. The maximum absolute atomic E-state index is 13.0. The topological polar surface area (TPSA) is 26.8 Å². The van der Waals surface area contributed by atoms with E-state index in [4.69, 9.17) is 0 Å². The molecule has 2 aliphatic rings. The quantitative estimate of drug-likeness (QED) is 0.740. The Morgan fingerprint density at radius 2 is 1.78 bits per heavy atom. The zero-order valence-corrected chi connectivity index (χ0v) is 10.9. The standard InChI is InChI=1S/C12H21F2N3O/c1-15-6-8-17(11(18)10-15)9-7-16-4-2-12(13,14)3-5-16/h2-10H2,1H3. The number of hydrogen-bond acceptors (Lipinski definition) is 3. The summed E-state index contributed by atoms with van der Waals surface area (Å²) in [6.45, 7) is 4.37. The van der Waals surface area contributed by atoms with Crippen LogP contribution in [0.3, 0.4) is 0 Å². The number of halogens is 2. The molecule has 0 bridgehead atoms. The van der Waals surface area contributed by atoms with Crippen LogP contribution in [-0.4, -0.2) is 79.4 Å². The molecule has 0 radical (unpaired) electrons. The van der Waals surface area contributed by atoms with Crippen molar-refractivity contribution in [3.63, 3.8) is 0 Å². The first-order chi connectivity index (χ1) is 8.46. The molecular formula is C12H21F2N3O. The zero-order chi connectivity index (χ0) is 13.2. The van der Waals surface area contributed by atoms with Crippen LogP contribution in [0, 0.1) is 0 Å². The molecule has 2 aliphatic heterocycles. The molecular weight excluding hydrogens is 240 g/mol. The minimum atomic E-state index is -2.49. The third-order valence-electron chi connectivity index (χ3n) is 3.78. The Labute approximate surface area is 107 Å². The van der Waals surface area contributed by atoms with E-state index in [2.05, 4.69) is 0 Å². The van der Waals surface area contributed by atoms with Crippen LogP contribution >= 0.6 is 0 Å². The summed E-state index contributed by atoms with van der Waals surface area (Å²) in [7, 11) is 1.93. The number of likely N-dealkylation sites (tertiary alicyclic amines) is 1. The maximum Gasteiger partial charge on any atom is 0.250 e. The molecule has 0 atom stereocenters. The minimum absolute atomic E-state index is 0.0519. The van der Waals surface area contributed by atoms with Gasteiger partial charge < -0.3 is 9.80 Å². The van der Waals surface area contributed by atoms with Gasteiger partial charge in [0, 0.05) is 52.1 Å². The van der Waals surface area contributed by atoms with Crippen molar-refractivity contribution in [1.82, 2.24) is 14.7 Å². The summed E-state index contributed by atoms with van der Waals surface area (Å²) in [5.74, 6) is -2.34. The molecule has 2 fully saturated rings. The van der Waals surface area contributed by atoms with Crippen molar-refractivity contribution >= 4 is 5.91 Å². The number of nitrogens with zero attached hydrogens (tertiary/aromatic N) is 3. The van der Waals surface area contributed by atoms with E-state index in [-0.39, 0.29) is 18.7 Å². The maximum atomic E-state index is 13.0. The largest absolute Gasteiger partial charge is 0.339 e. The van der Waals surface area contributed by atoms with Crippen molar-refractivity contribution < 1.29 is 13.6 Å². The molecule has 0 aromatic rings. The molecule has 0 aliphatic carbocycles. The fourth-order valence-corrected chi connectivity index (χ4v) is 2.43. The second kappa shape index (κ2) is 5.48. The summed E-state index contributed by atoms with van der Waals surface area (Å²) < 4.78 is 26.0. The Morgan fingerprint density at radius 1 is 1.11 bits per heavy atom. The van der Waals surface area contributed by atoms with Crippen LogP contribution in [0.5, 0.6) is 0 Å². The lowest BCUT2D eigenvalue weighted by Crippen LogP contribution is -2.51.